The van der Waals surface area contributed by atoms with Crippen molar-refractivity contribution >= 4 is 22.6 Å². The third kappa shape index (κ3) is 2.92. The minimum atomic E-state index is -0.284. The smallest absolute Gasteiger partial charge is 0.339 e. The summed E-state index contributed by atoms with van der Waals surface area (Å²) in [5.74, 6) is 0.784. The van der Waals surface area contributed by atoms with Gasteiger partial charge in [-0.05, 0) is 49.2 Å². The van der Waals surface area contributed by atoms with E-state index in [4.69, 9.17) is 20.8 Å². The zero-order valence-corrected chi connectivity index (χ0v) is 14.9. The molecule has 0 bridgehead atoms. The van der Waals surface area contributed by atoms with Crippen LogP contribution in [-0.4, -0.2) is 11.6 Å². The zero-order chi connectivity index (χ0) is 17.6. The summed E-state index contributed by atoms with van der Waals surface area (Å²) in [6, 6.07) is 11.7. The van der Waals surface area contributed by atoms with Crippen molar-refractivity contribution in [3.05, 3.63) is 74.1 Å². The van der Waals surface area contributed by atoms with Gasteiger partial charge in [-0.2, -0.15) is 0 Å². The molecule has 0 unspecified atom stereocenters. The van der Waals surface area contributed by atoms with E-state index in [1.165, 1.54) is 0 Å². The topological polar surface area (TPSA) is 42.7 Å². The summed E-state index contributed by atoms with van der Waals surface area (Å²) in [5.41, 5.74) is 4.05. The number of nitrogens with zero attached hydrogens (tertiary/aromatic N) is 1. The van der Waals surface area contributed by atoms with Crippen LogP contribution < -0.4 is 10.4 Å². The lowest BCUT2D eigenvalue weighted by atomic mass is 10.0. The lowest BCUT2D eigenvalue weighted by Gasteiger charge is -2.29. The van der Waals surface area contributed by atoms with Gasteiger partial charge in [-0.1, -0.05) is 23.7 Å². The summed E-state index contributed by atoms with van der Waals surface area (Å²) >= 11 is 5.95. The molecule has 128 valence electrons. The van der Waals surface area contributed by atoms with Gasteiger partial charge in [0.15, 0.2) is 0 Å². The molecule has 1 aliphatic heterocycles. The van der Waals surface area contributed by atoms with Crippen LogP contribution in [0.4, 0.5) is 0 Å². The Bertz CT molecular complexity index is 1010. The maximum absolute atomic E-state index is 12.1. The Balaban J connectivity index is 1.72. The van der Waals surface area contributed by atoms with Gasteiger partial charge in [0.1, 0.15) is 18.1 Å². The molecule has 1 aromatic heterocycles. The van der Waals surface area contributed by atoms with Gasteiger partial charge in [0.2, 0.25) is 0 Å². The molecule has 2 aromatic carbocycles. The quantitative estimate of drug-likeness (QED) is 0.638. The Morgan fingerprint density at radius 1 is 1.08 bits per heavy atom. The molecule has 25 heavy (non-hydrogen) atoms. The third-order valence-corrected chi connectivity index (χ3v) is 5.04. The second-order valence-corrected chi connectivity index (χ2v) is 6.88. The van der Waals surface area contributed by atoms with E-state index in [9.17, 15) is 4.79 Å². The molecular weight excluding hydrogens is 338 g/mol. The average molecular weight is 356 g/mol. The second kappa shape index (κ2) is 6.21. The highest BCUT2D eigenvalue weighted by Crippen LogP contribution is 2.33. The first-order chi connectivity index (χ1) is 12.0. The highest BCUT2D eigenvalue weighted by Gasteiger charge is 2.22. The van der Waals surface area contributed by atoms with Crippen LogP contribution in [0.25, 0.3) is 11.0 Å². The molecule has 0 aliphatic carbocycles. The van der Waals surface area contributed by atoms with Crippen molar-refractivity contribution < 1.29 is 9.15 Å². The van der Waals surface area contributed by atoms with Crippen LogP contribution in [-0.2, 0) is 13.1 Å². The Labute approximate surface area is 150 Å². The zero-order valence-electron chi connectivity index (χ0n) is 14.1. The number of hydrogen-bond donors (Lipinski definition) is 0. The first kappa shape index (κ1) is 16.2. The van der Waals surface area contributed by atoms with Crippen LogP contribution in [0.15, 0.2) is 45.6 Å². The minimum Gasteiger partial charge on any atom is -0.478 e. The van der Waals surface area contributed by atoms with Crippen molar-refractivity contribution in [3.63, 3.8) is 0 Å². The Kier molecular flexibility index (Phi) is 4.02. The largest absolute Gasteiger partial charge is 0.478 e. The van der Waals surface area contributed by atoms with Crippen molar-refractivity contribution in [2.45, 2.75) is 26.9 Å². The molecule has 5 heteroatoms. The van der Waals surface area contributed by atoms with E-state index in [1.54, 1.807) is 6.92 Å². The van der Waals surface area contributed by atoms with E-state index in [0.717, 1.165) is 39.4 Å². The molecule has 0 saturated heterocycles. The molecule has 0 saturated carbocycles. The molecule has 3 aromatic rings. The fourth-order valence-electron chi connectivity index (χ4n) is 3.21. The van der Waals surface area contributed by atoms with Crippen molar-refractivity contribution in [2.75, 3.05) is 6.73 Å². The van der Waals surface area contributed by atoms with Crippen LogP contribution in [0.2, 0.25) is 5.02 Å². The number of aryl methyl sites for hydroxylation is 1. The summed E-state index contributed by atoms with van der Waals surface area (Å²) in [7, 11) is 0. The first-order valence-corrected chi connectivity index (χ1v) is 8.56. The van der Waals surface area contributed by atoms with Gasteiger partial charge < -0.3 is 9.15 Å². The van der Waals surface area contributed by atoms with Crippen LogP contribution in [0.3, 0.4) is 0 Å². The molecular formula is C20H18ClNO3. The van der Waals surface area contributed by atoms with Gasteiger partial charge in [-0.25, -0.2) is 4.79 Å². The summed E-state index contributed by atoms with van der Waals surface area (Å²) in [5, 5.41) is 1.69. The van der Waals surface area contributed by atoms with Gasteiger partial charge in [-0.3, -0.25) is 4.90 Å². The maximum atomic E-state index is 12.1. The normalized spacial score (nSPS) is 14.4. The molecule has 1 aliphatic rings. The lowest BCUT2D eigenvalue weighted by molar-refractivity contribution is 0.0889. The van der Waals surface area contributed by atoms with Crippen LogP contribution in [0.5, 0.6) is 5.75 Å². The number of halogens is 1. The summed E-state index contributed by atoms with van der Waals surface area (Å²) in [6.45, 7) is 5.65. The SMILES string of the molecule is Cc1c(C)c2ccc3c(c2oc1=O)CN(Cc1ccc(Cl)cc1)CO3. The van der Waals surface area contributed by atoms with Crippen molar-refractivity contribution in [3.8, 4) is 5.75 Å². The summed E-state index contributed by atoms with van der Waals surface area (Å²) in [6.07, 6.45) is 0. The maximum Gasteiger partial charge on any atom is 0.339 e. The molecule has 0 N–H and O–H groups in total. The van der Waals surface area contributed by atoms with E-state index in [2.05, 4.69) is 4.90 Å². The number of benzene rings is 2. The number of fused-ring (bicyclic) bond motifs is 3. The highest BCUT2D eigenvalue weighted by molar-refractivity contribution is 6.30. The molecule has 0 spiro atoms. The van der Waals surface area contributed by atoms with E-state index in [1.807, 2.05) is 43.3 Å². The average Bonchev–Trinajstić information content (AvgIpc) is 2.62. The van der Waals surface area contributed by atoms with E-state index in [0.29, 0.717) is 24.4 Å². The van der Waals surface area contributed by atoms with Gasteiger partial charge in [-0.15, -0.1) is 0 Å². The fraction of sp³-hybridized carbons (Fsp3) is 0.250. The molecule has 0 atom stereocenters. The third-order valence-electron chi connectivity index (χ3n) is 4.79. The van der Waals surface area contributed by atoms with Gasteiger partial charge in [0, 0.05) is 29.1 Å². The van der Waals surface area contributed by atoms with Crippen molar-refractivity contribution in [2.24, 2.45) is 0 Å². The predicted octanol–water partition coefficient (Wildman–Crippen LogP) is 4.42. The van der Waals surface area contributed by atoms with Crippen molar-refractivity contribution in [1.29, 1.82) is 0 Å². The molecule has 2 heterocycles. The fourth-order valence-corrected chi connectivity index (χ4v) is 3.34. The predicted molar refractivity (Wildman–Crippen MR) is 98.2 cm³/mol. The Hall–Kier alpha value is -2.30. The molecule has 0 radical (unpaired) electrons. The monoisotopic (exact) mass is 355 g/mol. The highest BCUT2D eigenvalue weighted by atomic mass is 35.5. The second-order valence-electron chi connectivity index (χ2n) is 6.45. The molecule has 0 amide bonds. The standard InChI is InChI=1S/C20H18ClNO3/c1-12-13(2)20(23)25-19-16(12)7-8-18-17(19)10-22(11-24-18)9-14-3-5-15(21)6-4-14/h3-8H,9-11H2,1-2H3. The number of rotatable bonds is 2. The summed E-state index contributed by atoms with van der Waals surface area (Å²) in [4.78, 5) is 14.3. The van der Waals surface area contributed by atoms with Crippen LogP contribution in [0.1, 0.15) is 22.3 Å². The van der Waals surface area contributed by atoms with E-state index in [-0.39, 0.29) is 5.63 Å². The van der Waals surface area contributed by atoms with Gasteiger partial charge >= 0.3 is 5.63 Å². The Morgan fingerprint density at radius 3 is 2.60 bits per heavy atom. The first-order valence-electron chi connectivity index (χ1n) is 8.18. The lowest BCUT2D eigenvalue weighted by Crippen LogP contribution is -2.31. The minimum absolute atomic E-state index is 0.284. The molecule has 4 nitrogen and oxygen atoms in total. The summed E-state index contributed by atoms with van der Waals surface area (Å²) < 4.78 is 11.5. The van der Waals surface area contributed by atoms with Crippen molar-refractivity contribution in [1.82, 2.24) is 4.90 Å². The van der Waals surface area contributed by atoms with E-state index < -0.39 is 0 Å². The van der Waals surface area contributed by atoms with Crippen LogP contribution >= 0.6 is 11.6 Å². The number of hydrogen-bond acceptors (Lipinski definition) is 4. The molecule has 0 fully saturated rings. The van der Waals surface area contributed by atoms with Crippen LogP contribution in [0, 0.1) is 13.8 Å². The number of ether oxygens (including phenoxy) is 1. The Morgan fingerprint density at radius 2 is 1.84 bits per heavy atom. The van der Waals surface area contributed by atoms with Gasteiger partial charge in [0.05, 0.1) is 5.56 Å². The molecule has 4 rings (SSSR count). The van der Waals surface area contributed by atoms with E-state index >= 15 is 0 Å². The van der Waals surface area contributed by atoms with Gasteiger partial charge in [0.25, 0.3) is 0 Å².